The fraction of sp³-hybridized carbons (Fsp3) is 0.429. The number of ether oxygens (including phenoxy) is 2. The molecule has 1 saturated heterocycles. The molecule has 2 aromatic carbocycles. The molecule has 1 unspecified atom stereocenters. The second kappa shape index (κ2) is 13.2. The zero-order valence-corrected chi connectivity index (χ0v) is 27.8. The molecule has 4 aromatic rings. The number of fused-ring (bicyclic) bond motifs is 1. The third-order valence-corrected chi connectivity index (χ3v) is 9.27. The number of hydrogen-bond acceptors (Lipinski definition) is 9. The lowest BCUT2D eigenvalue weighted by Crippen LogP contribution is -2.42. The van der Waals surface area contributed by atoms with Crippen LogP contribution in [0.3, 0.4) is 0 Å². The van der Waals surface area contributed by atoms with Crippen molar-refractivity contribution in [3.05, 3.63) is 70.5 Å². The van der Waals surface area contributed by atoms with Gasteiger partial charge in [-0.2, -0.15) is 0 Å². The summed E-state index contributed by atoms with van der Waals surface area (Å²) in [4.78, 5) is 36.3. The highest BCUT2D eigenvalue weighted by Gasteiger charge is 2.26. The second-order valence-electron chi connectivity index (χ2n) is 13.2. The lowest BCUT2D eigenvalue weighted by Gasteiger charge is -2.27. The Bertz CT molecular complexity index is 1730. The summed E-state index contributed by atoms with van der Waals surface area (Å²) in [5.41, 5.74) is 4.19. The predicted molar refractivity (Wildman–Crippen MR) is 177 cm³/mol. The van der Waals surface area contributed by atoms with Gasteiger partial charge in [-0.05, 0) is 82.3 Å². The van der Waals surface area contributed by atoms with Crippen LogP contribution in [0.15, 0.2) is 48.7 Å². The molecule has 11 heteroatoms. The quantitative estimate of drug-likeness (QED) is 0.217. The molecular weight excluding hydrogens is 600 g/mol. The minimum absolute atomic E-state index is 0.0279. The molecule has 6 rings (SSSR count). The molecule has 0 saturated carbocycles. The average Bonchev–Trinajstić information content (AvgIpc) is 3.67. The van der Waals surface area contributed by atoms with Gasteiger partial charge in [0.05, 0.1) is 0 Å². The van der Waals surface area contributed by atoms with Crippen LogP contribution in [0.2, 0.25) is 0 Å². The Balaban J connectivity index is 1.22. The molecule has 1 aliphatic heterocycles. The maximum atomic E-state index is 12.5. The van der Waals surface area contributed by atoms with Gasteiger partial charge in [0.15, 0.2) is 5.82 Å². The van der Waals surface area contributed by atoms with Crippen LogP contribution < -0.4 is 10.1 Å². The van der Waals surface area contributed by atoms with E-state index in [1.54, 1.807) is 11.3 Å². The molecule has 1 atom stereocenters. The first-order valence-electron chi connectivity index (χ1n) is 15.9. The molecule has 3 heterocycles. The number of nitrogens with one attached hydrogen (secondary N) is 1. The van der Waals surface area contributed by atoms with Crippen LogP contribution in [0.5, 0.6) is 11.5 Å². The first kappa shape index (κ1) is 31.6. The van der Waals surface area contributed by atoms with Crippen molar-refractivity contribution in [2.24, 2.45) is 0 Å². The average molecular weight is 641 g/mol. The standard InChI is InChI=1S/C35H40N6O4S/c1-21(2)32-39-40-33(46-32)22-10-13-27(14-11-22)44-29-18-23(8-9-24(29)20-41-16-6-7-30(41)42)31-36-19-25-17-26(12-15-28(25)38-31)37-34(43)45-35(3,4)5/h8-11,13-14,18-19,21,26H,6-7,12,15-17,20H2,1-5H3,(H,37,43). The summed E-state index contributed by atoms with van der Waals surface area (Å²) in [5.74, 6) is 2.44. The van der Waals surface area contributed by atoms with Crippen molar-refractivity contribution in [2.45, 2.75) is 90.8 Å². The van der Waals surface area contributed by atoms with E-state index >= 15 is 0 Å². The summed E-state index contributed by atoms with van der Waals surface area (Å²) >= 11 is 1.60. The summed E-state index contributed by atoms with van der Waals surface area (Å²) in [6, 6.07) is 13.8. The van der Waals surface area contributed by atoms with Crippen LogP contribution in [0.25, 0.3) is 22.0 Å². The van der Waals surface area contributed by atoms with E-state index in [0.717, 1.165) is 63.8 Å². The van der Waals surface area contributed by atoms with Gasteiger partial charge in [0.1, 0.15) is 27.1 Å². The zero-order chi connectivity index (χ0) is 32.4. The second-order valence-corrected chi connectivity index (χ2v) is 14.2. The summed E-state index contributed by atoms with van der Waals surface area (Å²) in [6.45, 7) is 11.0. The Hall–Kier alpha value is -4.38. The molecule has 0 spiro atoms. The van der Waals surface area contributed by atoms with E-state index in [0.29, 0.717) is 42.6 Å². The Kier molecular flexibility index (Phi) is 9.04. The van der Waals surface area contributed by atoms with Crippen molar-refractivity contribution in [3.63, 3.8) is 0 Å². The van der Waals surface area contributed by atoms with Crippen molar-refractivity contribution in [3.8, 4) is 33.5 Å². The van der Waals surface area contributed by atoms with Crippen molar-refractivity contribution >= 4 is 23.3 Å². The van der Waals surface area contributed by atoms with Crippen LogP contribution >= 0.6 is 11.3 Å². The summed E-state index contributed by atoms with van der Waals surface area (Å²) < 4.78 is 11.9. The SMILES string of the molecule is CC(C)c1nnc(-c2ccc(Oc3cc(-c4ncc5c(n4)CCC(NC(=O)OC(C)(C)C)C5)ccc3CN3CCCC3=O)cc2)s1. The van der Waals surface area contributed by atoms with Crippen molar-refractivity contribution in [2.75, 3.05) is 6.54 Å². The molecule has 10 nitrogen and oxygen atoms in total. The van der Waals surface area contributed by atoms with E-state index in [1.807, 2.05) is 74.3 Å². The fourth-order valence-electron chi connectivity index (χ4n) is 5.62. The topological polar surface area (TPSA) is 119 Å². The fourth-order valence-corrected chi connectivity index (χ4v) is 6.47. The number of nitrogens with zero attached hydrogens (tertiary/aromatic N) is 5. The smallest absolute Gasteiger partial charge is 0.407 e. The number of alkyl carbamates (subject to hydrolysis) is 1. The first-order chi connectivity index (χ1) is 22.0. The number of hydrogen-bond donors (Lipinski definition) is 1. The van der Waals surface area contributed by atoms with E-state index in [4.69, 9.17) is 19.4 Å². The summed E-state index contributed by atoms with van der Waals surface area (Å²) in [7, 11) is 0. The Morgan fingerprint density at radius 2 is 1.87 bits per heavy atom. The Labute approximate surface area is 273 Å². The highest BCUT2D eigenvalue weighted by atomic mass is 32.1. The van der Waals surface area contributed by atoms with E-state index in [-0.39, 0.29) is 11.9 Å². The molecule has 240 valence electrons. The van der Waals surface area contributed by atoms with Gasteiger partial charge in [-0.15, -0.1) is 10.2 Å². The highest BCUT2D eigenvalue weighted by molar-refractivity contribution is 7.14. The van der Waals surface area contributed by atoms with Crippen LogP contribution in [-0.2, 0) is 28.9 Å². The van der Waals surface area contributed by atoms with Gasteiger partial charge in [0.2, 0.25) is 5.91 Å². The normalized spacial score (nSPS) is 16.4. The van der Waals surface area contributed by atoms with E-state index in [2.05, 4.69) is 29.4 Å². The molecule has 2 amide bonds. The largest absolute Gasteiger partial charge is 0.457 e. The van der Waals surface area contributed by atoms with Crippen LogP contribution in [0, 0.1) is 0 Å². The molecule has 46 heavy (non-hydrogen) atoms. The lowest BCUT2D eigenvalue weighted by atomic mass is 9.93. The van der Waals surface area contributed by atoms with Gasteiger partial charge in [0, 0.05) is 60.1 Å². The van der Waals surface area contributed by atoms with E-state index < -0.39 is 11.7 Å². The minimum Gasteiger partial charge on any atom is -0.457 e. The molecule has 1 fully saturated rings. The summed E-state index contributed by atoms with van der Waals surface area (Å²) in [6.07, 6.45) is 5.05. The maximum Gasteiger partial charge on any atom is 0.407 e. The van der Waals surface area contributed by atoms with Gasteiger partial charge in [-0.3, -0.25) is 4.79 Å². The minimum atomic E-state index is -0.544. The maximum absolute atomic E-state index is 12.5. The Morgan fingerprint density at radius 3 is 2.57 bits per heavy atom. The monoisotopic (exact) mass is 640 g/mol. The van der Waals surface area contributed by atoms with Crippen LogP contribution in [0.1, 0.15) is 81.6 Å². The number of aryl methyl sites for hydroxylation is 1. The lowest BCUT2D eigenvalue weighted by molar-refractivity contribution is -0.128. The van der Waals surface area contributed by atoms with Gasteiger partial charge < -0.3 is 19.7 Å². The molecular formula is C35H40N6O4S. The molecule has 0 radical (unpaired) electrons. The number of benzene rings is 2. The van der Waals surface area contributed by atoms with E-state index in [1.165, 1.54) is 0 Å². The number of carbonyl (C=O) groups is 2. The number of carbonyl (C=O) groups excluding carboxylic acids is 2. The number of likely N-dealkylation sites (tertiary alicyclic amines) is 1. The van der Waals surface area contributed by atoms with Crippen molar-refractivity contribution in [1.29, 1.82) is 0 Å². The van der Waals surface area contributed by atoms with Gasteiger partial charge in [-0.25, -0.2) is 14.8 Å². The van der Waals surface area contributed by atoms with Gasteiger partial charge in [0.25, 0.3) is 0 Å². The number of aromatic nitrogens is 4. The van der Waals surface area contributed by atoms with Gasteiger partial charge in [-0.1, -0.05) is 37.3 Å². The van der Waals surface area contributed by atoms with Crippen molar-refractivity contribution in [1.82, 2.24) is 30.4 Å². The third kappa shape index (κ3) is 7.52. The number of amides is 2. The Morgan fingerprint density at radius 1 is 1.09 bits per heavy atom. The number of rotatable bonds is 8. The van der Waals surface area contributed by atoms with Crippen LogP contribution in [0.4, 0.5) is 4.79 Å². The molecule has 2 aromatic heterocycles. The van der Waals surface area contributed by atoms with E-state index in [9.17, 15) is 9.59 Å². The third-order valence-electron chi connectivity index (χ3n) is 7.99. The van der Waals surface area contributed by atoms with Gasteiger partial charge >= 0.3 is 6.09 Å². The highest BCUT2D eigenvalue weighted by Crippen LogP contribution is 2.34. The predicted octanol–water partition coefficient (Wildman–Crippen LogP) is 7.08. The van der Waals surface area contributed by atoms with Crippen molar-refractivity contribution < 1.29 is 19.1 Å². The molecule has 1 aliphatic carbocycles. The molecule has 2 aliphatic rings. The first-order valence-corrected chi connectivity index (χ1v) is 16.7. The summed E-state index contributed by atoms with van der Waals surface area (Å²) in [5, 5.41) is 13.5. The zero-order valence-electron chi connectivity index (χ0n) is 27.0. The molecule has 0 bridgehead atoms. The molecule has 1 N–H and O–H groups in total. The van der Waals surface area contributed by atoms with Crippen LogP contribution in [-0.4, -0.2) is 55.3 Å².